The first-order valence-electron chi connectivity index (χ1n) is 6.66. The van der Waals surface area contributed by atoms with E-state index >= 15 is 0 Å². The molecule has 3 aliphatic heterocycles. The van der Waals surface area contributed by atoms with E-state index in [4.69, 9.17) is 4.74 Å². The van der Waals surface area contributed by atoms with Gasteiger partial charge >= 0.3 is 0 Å². The standard InChI is InChI=1S/C3H8N2.C3H7NO.C3H5NO.C3H3NO/c1-2-4-5-3-1;3*1-2-5-3-4-1/h4-5H,1-3H2;4H,1-3H2;3H,1-2H2;1-3H. The lowest BCUT2D eigenvalue weighted by Gasteiger charge is -1.81. The SMILES string of the molecule is C1=NCCO1.C1CNNC1.C1COCN1.c1cocn1. The number of hydrogen-bond donors (Lipinski definition) is 3. The maximum absolute atomic E-state index is 4.83. The van der Waals surface area contributed by atoms with E-state index in [1.54, 1.807) is 6.20 Å². The molecular weight excluding hydrogens is 262 g/mol. The maximum atomic E-state index is 4.83. The van der Waals surface area contributed by atoms with Gasteiger partial charge in [-0.2, -0.15) is 0 Å². The van der Waals surface area contributed by atoms with Crippen LogP contribution < -0.4 is 16.2 Å². The monoisotopic (exact) mass is 285 g/mol. The molecule has 0 unspecified atom stereocenters. The minimum absolute atomic E-state index is 0.750. The number of rotatable bonds is 0. The maximum Gasteiger partial charge on any atom is 0.180 e. The highest BCUT2D eigenvalue weighted by Crippen LogP contribution is 1.78. The molecule has 4 heterocycles. The minimum atomic E-state index is 0.750. The van der Waals surface area contributed by atoms with E-state index < -0.39 is 0 Å². The number of hydrazine groups is 1. The minimum Gasteiger partial charge on any atom is -0.482 e. The van der Waals surface area contributed by atoms with Crippen LogP contribution in [0.2, 0.25) is 0 Å². The molecule has 1 aromatic heterocycles. The summed E-state index contributed by atoms with van der Waals surface area (Å²) in [5.74, 6) is 0. The van der Waals surface area contributed by atoms with E-state index in [0.717, 1.165) is 46.1 Å². The molecule has 2 fully saturated rings. The molecule has 3 N–H and O–H groups in total. The normalized spacial score (nSPS) is 18.8. The second kappa shape index (κ2) is 13.9. The van der Waals surface area contributed by atoms with Crippen molar-refractivity contribution >= 4 is 6.40 Å². The lowest BCUT2D eigenvalue weighted by Crippen LogP contribution is -2.21. The van der Waals surface area contributed by atoms with Crippen LogP contribution in [0.4, 0.5) is 0 Å². The Bertz CT molecular complexity index is 252. The Morgan fingerprint density at radius 3 is 2.15 bits per heavy atom. The first-order valence-corrected chi connectivity index (χ1v) is 6.66. The molecule has 0 saturated carbocycles. The molecular formula is C12H23N5O3. The van der Waals surface area contributed by atoms with Gasteiger partial charge < -0.3 is 13.9 Å². The number of aromatic nitrogens is 1. The number of nitrogens with zero attached hydrogens (tertiary/aromatic N) is 2. The van der Waals surface area contributed by atoms with E-state index in [-0.39, 0.29) is 0 Å². The number of nitrogens with one attached hydrogen (secondary N) is 3. The van der Waals surface area contributed by atoms with Crippen molar-refractivity contribution in [1.29, 1.82) is 0 Å². The summed E-state index contributed by atoms with van der Waals surface area (Å²) in [7, 11) is 0. The summed E-state index contributed by atoms with van der Waals surface area (Å²) in [5.41, 5.74) is 5.94. The average molecular weight is 285 g/mol. The van der Waals surface area contributed by atoms with Gasteiger partial charge in [0.1, 0.15) is 12.9 Å². The summed E-state index contributed by atoms with van der Waals surface area (Å²) in [6, 6.07) is 0. The molecule has 4 rings (SSSR count). The fourth-order valence-corrected chi connectivity index (χ4v) is 1.24. The predicted octanol–water partition coefficient (Wildman–Crippen LogP) is -0.232. The van der Waals surface area contributed by atoms with Crippen molar-refractivity contribution in [2.45, 2.75) is 6.42 Å². The Labute approximate surface area is 118 Å². The van der Waals surface area contributed by atoms with Crippen LogP contribution in [-0.2, 0) is 9.47 Å². The van der Waals surface area contributed by atoms with Crippen LogP contribution in [0.25, 0.3) is 0 Å². The van der Waals surface area contributed by atoms with Crippen LogP contribution in [0.5, 0.6) is 0 Å². The second-order valence-corrected chi connectivity index (χ2v) is 3.82. The summed E-state index contributed by atoms with van der Waals surface area (Å²) in [6.07, 6.45) is 7.24. The lowest BCUT2D eigenvalue weighted by molar-refractivity contribution is 0.194. The van der Waals surface area contributed by atoms with E-state index in [1.807, 2.05) is 0 Å². The molecule has 3 aliphatic rings. The Hall–Kier alpha value is -1.48. The molecule has 114 valence electrons. The molecule has 0 radical (unpaired) electrons. The van der Waals surface area contributed by atoms with Crippen LogP contribution in [0, 0.1) is 0 Å². The summed E-state index contributed by atoms with van der Waals surface area (Å²) in [6.45, 7) is 6.57. The smallest absolute Gasteiger partial charge is 0.180 e. The van der Waals surface area contributed by atoms with Crippen LogP contribution in [-0.4, -0.2) is 57.5 Å². The van der Waals surface area contributed by atoms with Gasteiger partial charge in [-0.25, -0.2) is 4.98 Å². The van der Waals surface area contributed by atoms with Crippen molar-refractivity contribution in [3.63, 3.8) is 0 Å². The molecule has 2 saturated heterocycles. The van der Waals surface area contributed by atoms with Gasteiger partial charge in [0.25, 0.3) is 0 Å². The predicted molar refractivity (Wildman–Crippen MR) is 75.3 cm³/mol. The molecule has 0 amide bonds. The number of ether oxygens (including phenoxy) is 2. The van der Waals surface area contributed by atoms with Crippen LogP contribution in [0.1, 0.15) is 6.42 Å². The van der Waals surface area contributed by atoms with Gasteiger partial charge in [-0.15, -0.1) is 0 Å². The van der Waals surface area contributed by atoms with Gasteiger partial charge in [0.15, 0.2) is 12.8 Å². The Morgan fingerprint density at radius 1 is 1.05 bits per heavy atom. The number of hydrogen-bond acceptors (Lipinski definition) is 8. The largest absolute Gasteiger partial charge is 0.482 e. The highest BCUT2D eigenvalue weighted by Gasteiger charge is 1.92. The van der Waals surface area contributed by atoms with Gasteiger partial charge in [-0.05, 0) is 6.42 Å². The van der Waals surface area contributed by atoms with Gasteiger partial charge in [0.2, 0.25) is 0 Å². The molecule has 0 spiro atoms. The zero-order valence-electron chi connectivity index (χ0n) is 11.6. The molecule has 8 heteroatoms. The summed E-state index contributed by atoms with van der Waals surface area (Å²) >= 11 is 0. The molecule has 0 atom stereocenters. The fraction of sp³-hybridized carbons (Fsp3) is 0.667. The molecule has 0 aliphatic carbocycles. The quantitative estimate of drug-likeness (QED) is 0.606. The van der Waals surface area contributed by atoms with Crippen LogP contribution in [0.3, 0.4) is 0 Å². The highest BCUT2D eigenvalue weighted by atomic mass is 16.5. The third-order valence-electron chi connectivity index (χ3n) is 2.19. The van der Waals surface area contributed by atoms with E-state index in [1.165, 1.54) is 25.5 Å². The van der Waals surface area contributed by atoms with Crippen LogP contribution >= 0.6 is 0 Å². The summed E-state index contributed by atoms with van der Waals surface area (Å²) in [5, 5.41) is 3.00. The molecule has 20 heavy (non-hydrogen) atoms. The van der Waals surface area contributed by atoms with Crippen molar-refractivity contribution < 1.29 is 13.9 Å². The molecule has 8 nitrogen and oxygen atoms in total. The Balaban J connectivity index is 0.000000133. The highest BCUT2D eigenvalue weighted by molar-refractivity contribution is 5.47. The van der Waals surface area contributed by atoms with Crippen molar-refractivity contribution in [2.24, 2.45) is 4.99 Å². The first-order chi connectivity index (χ1) is 10.0. The van der Waals surface area contributed by atoms with E-state index in [9.17, 15) is 0 Å². The van der Waals surface area contributed by atoms with Crippen molar-refractivity contribution in [3.05, 3.63) is 18.9 Å². The Kier molecular flexibility index (Phi) is 11.6. The Morgan fingerprint density at radius 2 is 1.95 bits per heavy atom. The molecule has 0 aromatic carbocycles. The summed E-state index contributed by atoms with van der Waals surface area (Å²) < 4.78 is 14.0. The zero-order chi connectivity index (χ0) is 14.1. The van der Waals surface area contributed by atoms with E-state index in [0.29, 0.717) is 0 Å². The third kappa shape index (κ3) is 11.6. The molecule has 1 aromatic rings. The fourth-order valence-electron chi connectivity index (χ4n) is 1.24. The zero-order valence-corrected chi connectivity index (χ0v) is 11.6. The van der Waals surface area contributed by atoms with Crippen LogP contribution in [0.15, 0.2) is 28.3 Å². The van der Waals surface area contributed by atoms with Gasteiger partial charge in [0.05, 0.1) is 26.1 Å². The van der Waals surface area contributed by atoms with Crippen molar-refractivity contribution in [1.82, 2.24) is 21.2 Å². The van der Waals surface area contributed by atoms with Crippen molar-refractivity contribution in [2.75, 3.05) is 46.1 Å². The first kappa shape index (κ1) is 16.6. The topological polar surface area (TPSA) is 92.9 Å². The van der Waals surface area contributed by atoms with Gasteiger partial charge in [-0.3, -0.25) is 21.2 Å². The lowest BCUT2D eigenvalue weighted by atomic mass is 10.5. The molecule has 0 bridgehead atoms. The second-order valence-electron chi connectivity index (χ2n) is 3.82. The number of aliphatic imine (C=N–C) groups is 1. The average Bonchev–Trinajstić information content (AvgIpc) is 3.40. The van der Waals surface area contributed by atoms with Crippen molar-refractivity contribution in [3.8, 4) is 0 Å². The van der Waals surface area contributed by atoms with Gasteiger partial charge in [-0.1, -0.05) is 0 Å². The van der Waals surface area contributed by atoms with E-state index in [2.05, 4.69) is 35.3 Å². The van der Waals surface area contributed by atoms with Gasteiger partial charge in [0, 0.05) is 19.6 Å². The summed E-state index contributed by atoms with van der Waals surface area (Å²) in [4.78, 5) is 7.29. The number of oxazole rings is 1. The third-order valence-corrected chi connectivity index (χ3v) is 2.19.